The first-order chi connectivity index (χ1) is 8.63. The van der Waals surface area contributed by atoms with Crippen molar-refractivity contribution in [3.05, 3.63) is 28.2 Å². The molecule has 0 radical (unpaired) electrons. The molecule has 2 fully saturated rings. The Morgan fingerprint density at radius 1 is 1.33 bits per heavy atom. The Hall–Kier alpha value is -1.03. The van der Waals surface area contributed by atoms with E-state index in [0.29, 0.717) is 23.2 Å². The number of anilines is 1. The van der Waals surface area contributed by atoms with E-state index in [1.165, 1.54) is 19.3 Å². The summed E-state index contributed by atoms with van der Waals surface area (Å²) in [6, 6.07) is 5.71. The molecule has 0 aromatic heterocycles. The molecule has 3 rings (SSSR count). The SMILES string of the molecule is Nc1ccc(Br)c(C(=O)NC2CC3CCC2C3)c1. The Bertz CT molecular complexity index is 489. The molecule has 18 heavy (non-hydrogen) atoms. The summed E-state index contributed by atoms with van der Waals surface area (Å²) in [5, 5.41) is 3.17. The number of nitrogen functional groups attached to an aromatic ring is 1. The number of carbonyl (C=O) groups excluding carboxylic acids is 1. The lowest BCUT2D eigenvalue weighted by molar-refractivity contribution is 0.0922. The maximum absolute atomic E-state index is 12.3. The van der Waals surface area contributed by atoms with Crippen LogP contribution in [0.1, 0.15) is 36.0 Å². The number of halogens is 1. The minimum Gasteiger partial charge on any atom is -0.399 e. The molecule has 4 heteroatoms. The van der Waals surface area contributed by atoms with E-state index in [9.17, 15) is 4.79 Å². The van der Waals surface area contributed by atoms with Gasteiger partial charge in [0.2, 0.25) is 0 Å². The molecule has 0 saturated heterocycles. The fourth-order valence-corrected chi connectivity index (χ4v) is 3.81. The quantitative estimate of drug-likeness (QED) is 0.825. The van der Waals surface area contributed by atoms with Crippen molar-refractivity contribution >= 4 is 27.5 Å². The monoisotopic (exact) mass is 308 g/mol. The summed E-state index contributed by atoms with van der Waals surface area (Å²) in [5.41, 5.74) is 6.99. The molecule has 3 nitrogen and oxygen atoms in total. The van der Waals surface area contributed by atoms with Crippen LogP contribution in [0.3, 0.4) is 0 Å². The summed E-state index contributed by atoms with van der Waals surface area (Å²) in [6.07, 6.45) is 5.06. The van der Waals surface area contributed by atoms with E-state index in [-0.39, 0.29) is 5.91 Å². The van der Waals surface area contributed by atoms with E-state index < -0.39 is 0 Å². The topological polar surface area (TPSA) is 55.1 Å². The number of nitrogens with one attached hydrogen (secondary N) is 1. The lowest BCUT2D eigenvalue weighted by Crippen LogP contribution is -2.38. The highest BCUT2D eigenvalue weighted by Gasteiger charge is 2.40. The first kappa shape index (κ1) is 12.0. The summed E-state index contributed by atoms with van der Waals surface area (Å²) in [7, 11) is 0. The molecule has 3 N–H and O–H groups in total. The van der Waals surface area contributed by atoms with Crippen LogP contribution in [0.25, 0.3) is 0 Å². The lowest BCUT2D eigenvalue weighted by atomic mass is 9.95. The molecular weight excluding hydrogens is 292 g/mol. The smallest absolute Gasteiger partial charge is 0.252 e. The summed E-state index contributed by atoms with van der Waals surface area (Å²) >= 11 is 3.41. The molecule has 2 aliphatic carbocycles. The van der Waals surface area contributed by atoms with Crippen molar-refractivity contribution < 1.29 is 4.79 Å². The van der Waals surface area contributed by atoms with Crippen LogP contribution in [0, 0.1) is 11.8 Å². The van der Waals surface area contributed by atoms with Crippen molar-refractivity contribution in [3.63, 3.8) is 0 Å². The van der Waals surface area contributed by atoms with Gasteiger partial charge in [-0.05, 0) is 65.2 Å². The summed E-state index contributed by atoms with van der Waals surface area (Å²) in [5.74, 6) is 1.52. The van der Waals surface area contributed by atoms with Gasteiger partial charge in [-0.3, -0.25) is 4.79 Å². The first-order valence-electron chi connectivity index (χ1n) is 6.49. The Balaban J connectivity index is 1.73. The van der Waals surface area contributed by atoms with Crippen LogP contribution in [0.2, 0.25) is 0 Å². The van der Waals surface area contributed by atoms with Gasteiger partial charge in [0.25, 0.3) is 5.91 Å². The summed E-state index contributed by atoms with van der Waals surface area (Å²) < 4.78 is 0.803. The zero-order chi connectivity index (χ0) is 12.7. The normalized spacial score (nSPS) is 29.5. The van der Waals surface area contributed by atoms with Crippen molar-refractivity contribution in [2.24, 2.45) is 11.8 Å². The van der Waals surface area contributed by atoms with E-state index in [0.717, 1.165) is 16.8 Å². The second kappa shape index (κ2) is 4.57. The fourth-order valence-electron chi connectivity index (χ4n) is 3.38. The maximum atomic E-state index is 12.3. The number of carbonyl (C=O) groups is 1. The van der Waals surface area contributed by atoms with Crippen LogP contribution in [0.15, 0.2) is 22.7 Å². The van der Waals surface area contributed by atoms with Gasteiger partial charge in [0.15, 0.2) is 0 Å². The van der Waals surface area contributed by atoms with Crippen LogP contribution in [-0.2, 0) is 0 Å². The standard InChI is InChI=1S/C14H17BrN2O/c15-12-4-3-10(16)7-11(12)14(18)17-13-6-8-1-2-9(13)5-8/h3-4,7-9,13H,1-2,5-6,16H2,(H,17,18). The molecule has 1 amide bonds. The van der Waals surface area contributed by atoms with Gasteiger partial charge in [0.1, 0.15) is 0 Å². The van der Waals surface area contributed by atoms with Gasteiger partial charge in [-0.15, -0.1) is 0 Å². The van der Waals surface area contributed by atoms with Crippen LogP contribution >= 0.6 is 15.9 Å². The first-order valence-corrected chi connectivity index (χ1v) is 7.28. The van der Waals surface area contributed by atoms with Crippen LogP contribution in [0.5, 0.6) is 0 Å². The van der Waals surface area contributed by atoms with Crippen molar-refractivity contribution in [1.82, 2.24) is 5.32 Å². The molecule has 2 bridgehead atoms. The zero-order valence-corrected chi connectivity index (χ0v) is 11.7. The zero-order valence-electron chi connectivity index (χ0n) is 10.2. The van der Waals surface area contributed by atoms with Crippen LogP contribution in [0.4, 0.5) is 5.69 Å². The Morgan fingerprint density at radius 2 is 2.17 bits per heavy atom. The van der Waals surface area contributed by atoms with Crippen molar-refractivity contribution in [2.75, 3.05) is 5.73 Å². The Labute approximate surface area is 115 Å². The molecular formula is C14H17BrN2O. The second-order valence-electron chi connectivity index (χ2n) is 5.49. The molecule has 1 aromatic rings. The van der Waals surface area contributed by atoms with E-state index in [4.69, 9.17) is 5.73 Å². The number of hydrogen-bond donors (Lipinski definition) is 2. The van der Waals surface area contributed by atoms with E-state index in [2.05, 4.69) is 21.2 Å². The minimum atomic E-state index is -0.00766. The molecule has 96 valence electrons. The molecule has 0 heterocycles. The van der Waals surface area contributed by atoms with Gasteiger partial charge in [0, 0.05) is 16.2 Å². The highest BCUT2D eigenvalue weighted by Crippen LogP contribution is 2.44. The van der Waals surface area contributed by atoms with Crippen molar-refractivity contribution in [1.29, 1.82) is 0 Å². The van der Waals surface area contributed by atoms with Gasteiger partial charge >= 0.3 is 0 Å². The number of rotatable bonds is 2. The third-order valence-electron chi connectivity index (χ3n) is 4.29. The number of hydrogen-bond acceptors (Lipinski definition) is 2. The molecule has 2 saturated carbocycles. The highest BCUT2D eigenvalue weighted by atomic mass is 79.9. The highest BCUT2D eigenvalue weighted by molar-refractivity contribution is 9.10. The predicted molar refractivity (Wildman–Crippen MR) is 75.3 cm³/mol. The van der Waals surface area contributed by atoms with Gasteiger partial charge in [-0.2, -0.15) is 0 Å². The third-order valence-corrected chi connectivity index (χ3v) is 4.98. The molecule has 1 aromatic carbocycles. The predicted octanol–water partition coefficient (Wildman–Crippen LogP) is 2.95. The maximum Gasteiger partial charge on any atom is 0.252 e. The molecule has 3 atom stereocenters. The van der Waals surface area contributed by atoms with Gasteiger partial charge in [-0.25, -0.2) is 0 Å². The third kappa shape index (κ3) is 2.14. The number of benzene rings is 1. The number of nitrogens with two attached hydrogens (primary N) is 1. The fraction of sp³-hybridized carbons (Fsp3) is 0.500. The molecule has 2 aliphatic rings. The van der Waals surface area contributed by atoms with Gasteiger partial charge in [-0.1, -0.05) is 6.42 Å². The van der Waals surface area contributed by atoms with Gasteiger partial charge in [0.05, 0.1) is 5.56 Å². The van der Waals surface area contributed by atoms with E-state index in [1.807, 2.05) is 6.07 Å². The molecule has 0 aliphatic heterocycles. The largest absolute Gasteiger partial charge is 0.399 e. The molecule has 3 unspecified atom stereocenters. The van der Waals surface area contributed by atoms with E-state index >= 15 is 0 Å². The summed E-state index contributed by atoms with van der Waals surface area (Å²) in [4.78, 5) is 12.3. The lowest BCUT2D eigenvalue weighted by Gasteiger charge is -2.23. The number of amides is 1. The summed E-state index contributed by atoms with van der Waals surface area (Å²) in [6.45, 7) is 0. The second-order valence-corrected chi connectivity index (χ2v) is 6.35. The van der Waals surface area contributed by atoms with Crippen molar-refractivity contribution in [3.8, 4) is 0 Å². The average Bonchev–Trinajstić information content (AvgIpc) is 2.94. The minimum absolute atomic E-state index is 0.00766. The average molecular weight is 309 g/mol. The Kier molecular flexibility index (Phi) is 3.06. The van der Waals surface area contributed by atoms with Gasteiger partial charge < -0.3 is 11.1 Å². The van der Waals surface area contributed by atoms with E-state index in [1.54, 1.807) is 12.1 Å². The Morgan fingerprint density at radius 3 is 2.83 bits per heavy atom. The number of fused-ring (bicyclic) bond motifs is 2. The van der Waals surface area contributed by atoms with Crippen LogP contribution in [-0.4, -0.2) is 11.9 Å². The molecule has 0 spiro atoms. The van der Waals surface area contributed by atoms with Crippen molar-refractivity contribution in [2.45, 2.75) is 31.7 Å². The van der Waals surface area contributed by atoms with Crippen LogP contribution < -0.4 is 11.1 Å².